The van der Waals surface area contributed by atoms with Crippen LogP contribution in [0, 0.1) is 0 Å². The molecule has 0 saturated carbocycles. The van der Waals surface area contributed by atoms with Crippen LogP contribution < -0.4 is 10.5 Å². The molecule has 1 aliphatic heterocycles. The van der Waals surface area contributed by atoms with Crippen molar-refractivity contribution in [2.75, 3.05) is 26.9 Å². The predicted octanol–water partition coefficient (Wildman–Crippen LogP) is 0.492. The van der Waals surface area contributed by atoms with Crippen LogP contribution in [0.2, 0.25) is 0 Å². The first-order chi connectivity index (χ1) is 8.35. The summed E-state index contributed by atoms with van der Waals surface area (Å²) in [4.78, 5) is 9.03. The van der Waals surface area contributed by atoms with E-state index in [9.17, 15) is 0 Å². The maximum Gasteiger partial charge on any atom is 0.219 e. The van der Waals surface area contributed by atoms with Crippen molar-refractivity contribution in [1.29, 1.82) is 0 Å². The number of hydrogen-bond donors (Lipinski definition) is 1. The Kier molecular flexibility index (Phi) is 4.28. The van der Waals surface area contributed by atoms with Gasteiger partial charge in [0.2, 0.25) is 5.88 Å². The molecule has 5 heteroatoms. The van der Waals surface area contributed by atoms with E-state index in [4.69, 9.17) is 15.2 Å². The van der Waals surface area contributed by atoms with E-state index >= 15 is 0 Å². The lowest BCUT2D eigenvalue weighted by Crippen LogP contribution is -2.09. The van der Waals surface area contributed by atoms with Crippen LogP contribution in [0.25, 0.3) is 0 Å². The number of fused-ring (bicyclic) bond motifs is 1. The molecule has 0 aromatic carbocycles. The lowest BCUT2D eigenvalue weighted by molar-refractivity contribution is 0.146. The standard InChI is InChI=1S/C12H19N3O2/c1-16-12-9-4-7-17-8-5-10(9)14-11(15-12)3-2-6-13/h2-8,13H2,1H3. The van der Waals surface area contributed by atoms with Gasteiger partial charge in [0.15, 0.2) is 0 Å². The summed E-state index contributed by atoms with van der Waals surface area (Å²) in [6, 6.07) is 0. The molecule has 0 unspecified atom stereocenters. The predicted molar refractivity (Wildman–Crippen MR) is 64.2 cm³/mol. The quantitative estimate of drug-likeness (QED) is 0.825. The molecule has 0 radical (unpaired) electrons. The van der Waals surface area contributed by atoms with Crippen molar-refractivity contribution in [2.45, 2.75) is 25.7 Å². The Morgan fingerprint density at radius 3 is 2.88 bits per heavy atom. The zero-order chi connectivity index (χ0) is 12.1. The summed E-state index contributed by atoms with van der Waals surface area (Å²) in [6.45, 7) is 2.10. The molecule has 17 heavy (non-hydrogen) atoms. The summed E-state index contributed by atoms with van der Waals surface area (Å²) in [5.41, 5.74) is 7.67. The molecule has 1 aliphatic rings. The molecule has 0 spiro atoms. The third kappa shape index (κ3) is 2.92. The van der Waals surface area contributed by atoms with Crippen LogP contribution in [0.1, 0.15) is 23.5 Å². The molecule has 0 saturated heterocycles. The van der Waals surface area contributed by atoms with Crippen molar-refractivity contribution in [1.82, 2.24) is 9.97 Å². The van der Waals surface area contributed by atoms with Crippen molar-refractivity contribution in [3.8, 4) is 5.88 Å². The number of hydrogen-bond acceptors (Lipinski definition) is 5. The van der Waals surface area contributed by atoms with E-state index in [1.807, 2.05) is 0 Å². The number of aromatic nitrogens is 2. The molecule has 0 bridgehead atoms. The molecule has 2 heterocycles. The number of methoxy groups -OCH3 is 1. The minimum atomic E-state index is 0.659. The third-order valence-corrected chi connectivity index (χ3v) is 2.88. The fraction of sp³-hybridized carbons (Fsp3) is 0.667. The van der Waals surface area contributed by atoms with Gasteiger partial charge in [0.05, 0.1) is 26.0 Å². The molecule has 94 valence electrons. The van der Waals surface area contributed by atoms with Crippen LogP contribution in [0.15, 0.2) is 0 Å². The molecule has 2 N–H and O–H groups in total. The molecule has 0 amide bonds. The van der Waals surface area contributed by atoms with Gasteiger partial charge in [-0.2, -0.15) is 4.98 Å². The Morgan fingerprint density at radius 1 is 1.29 bits per heavy atom. The smallest absolute Gasteiger partial charge is 0.219 e. The van der Waals surface area contributed by atoms with Gasteiger partial charge >= 0.3 is 0 Å². The maximum atomic E-state index is 5.50. The normalized spacial score (nSPS) is 15.2. The molecule has 0 fully saturated rings. The van der Waals surface area contributed by atoms with Crippen LogP contribution in [0.5, 0.6) is 5.88 Å². The Labute approximate surface area is 101 Å². The third-order valence-electron chi connectivity index (χ3n) is 2.88. The van der Waals surface area contributed by atoms with Gasteiger partial charge in [-0.15, -0.1) is 0 Å². The Hall–Kier alpha value is -1.20. The molecule has 5 nitrogen and oxygen atoms in total. The van der Waals surface area contributed by atoms with Gasteiger partial charge in [-0.05, 0) is 13.0 Å². The highest BCUT2D eigenvalue weighted by molar-refractivity contribution is 5.32. The van der Waals surface area contributed by atoms with Crippen molar-refractivity contribution >= 4 is 0 Å². The minimum absolute atomic E-state index is 0.659. The van der Waals surface area contributed by atoms with Crippen molar-refractivity contribution < 1.29 is 9.47 Å². The molecular formula is C12H19N3O2. The Bertz CT molecular complexity index is 382. The average molecular weight is 237 g/mol. The second-order valence-electron chi connectivity index (χ2n) is 4.08. The van der Waals surface area contributed by atoms with Gasteiger partial charge in [-0.1, -0.05) is 0 Å². The topological polar surface area (TPSA) is 70.3 Å². The van der Waals surface area contributed by atoms with Gasteiger partial charge < -0.3 is 15.2 Å². The highest BCUT2D eigenvalue weighted by Crippen LogP contribution is 2.22. The van der Waals surface area contributed by atoms with E-state index < -0.39 is 0 Å². The molecule has 1 aromatic rings. The summed E-state index contributed by atoms with van der Waals surface area (Å²) in [5, 5.41) is 0. The number of aryl methyl sites for hydroxylation is 1. The number of nitrogens with zero attached hydrogens (tertiary/aromatic N) is 2. The summed E-state index contributed by atoms with van der Waals surface area (Å²) in [5.74, 6) is 1.53. The lowest BCUT2D eigenvalue weighted by atomic mass is 10.1. The molecule has 0 aliphatic carbocycles. The van der Waals surface area contributed by atoms with Crippen LogP contribution in [0.4, 0.5) is 0 Å². The Morgan fingerprint density at radius 2 is 2.12 bits per heavy atom. The van der Waals surface area contributed by atoms with Crippen molar-refractivity contribution in [3.63, 3.8) is 0 Å². The van der Waals surface area contributed by atoms with E-state index in [1.165, 1.54) is 0 Å². The highest BCUT2D eigenvalue weighted by atomic mass is 16.5. The van der Waals surface area contributed by atoms with Gasteiger partial charge in [0, 0.05) is 24.8 Å². The van der Waals surface area contributed by atoms with Crippen LogP contribution in [0.3, 0.4) is 0 Å². The second kappa shape index (κ2) is 5.93. The monoisotopic (exact) mass is 237 g/mol. The van der Waals surface area contributed by atoms with E-state index in [0.29, 0.717) is 12.4 Å². The van der Waals surface area contributed by atoms with Crippen LogP contribution >= 0.6 is 0 Å². The van der Waals surface area contributed by atoms with Crippen LogP contribution in [-0.4, -0.2) is 36.8 Å². The molecule has 1 aromatic heterocycles. The fourth-order valence-electron chi connectivity index (χ4n) is 2.00. The first-order valence-electron chi connectivity index (χ1n) is 6.05. The molecule has 2 rings (SSSR count). The SMILES string of the molecule is COc1nc(CCCN)nc2c1CCOCC2. The number of nitrogens with two attached hydrogens (primary N) is 1. The summed E-state index contributed by atoms with van der Waals surface area (Å²) in [7, 11) is 1.65. The molecular weight excluding hydrogens is 218 g/mol. The van der Waals surface area contributed by atoms with Gasteiger partial charge in [0.25, 0.3) is 0 Å². The summed E-state index contributed by atoms with van der Waals surface area (Å²) < 4.78 is 10.8. The van der Waals surface area contributed by atoms with Crippen molar-refractivity contribution in [2.24, 2.45) is 5.73 Å². The number of rotatable bonds is 4. The van der Waals surface area contributed by atoms with E-state index in [-0.39, 0.29) is 0 Å². The van der Waals surface area contributed by atoms with Gasteiger partial charge in [-0.3, -0.25) is 0 Å². The van der Waals surface area contributed by atoms with E-state index in [1.54, 1.807) is 7.11 Å². The average Bonchev–Trinajstić information content (AvgIpc) is 2.60. The van der Waals surface area contributed by atoms with Gasteiger partial charge in [-0.25, -0.2) is 4.98 Å². The first-order valence-corrected chi connectivity index (χ1v) is 6.05. The van der Waals surface area contributed by atoms with Crippen molar-refractivity contribution in [3.05, 3.63) is 17.1 Å². The highest BCUT2D eigenvalue weighted by Gasteiger charge is 2.17. The summed E-state index contributed by atoms with van der Waals surface area (Å²) >= 11 is 0. The number of ether oxygens (including phenoxy) is 2. The molecule has 0 atom stereocenters. The van der Waals surface area contributed by atoms with E-state index in [0.717, 1.165) is 56.0 Å². The minimum Gasteiger partial charge on any atom is -0.481 e. The van der Waals surface area contributed by atoms with Crippen LogP contribution in [-0.2, 0) is 24.0 Å². The largest absolute Gasteiger partial charge is 0.481 e. The maximum absolute atomic E-state index is 5.50. The second-order valence-corrected chi connectivity index (χ2v) is 4.08. The lowest BCUT2D eigenvalue weighted by Gasteiger charge is -2.11. The fourth-order valence-corrected chi connectivity index (χ4v) is 2.00. The van der Waals surface area contributed by atoms with Gasteiger partial charge in [0.1, 0.15) is 5.82 Å². The zero-order valence-corrected chi connectivity index (χ0v) is 10.2. The summed E-state index contributed by atoms with van der Waals surface area (Å²) in [6.07, 6.45) is 3.37. The first kappa shape index (κ1) is 12.3. The van der Waals surface area contributed by atoms with E-state index in [2.05, 4.69) is 9.97 Å². The zero-order valence-electron chi connectivity index (χ0n) is 10.2. The Balaban J connectivity index is 2.29.